The molecular weight excluding hydrogens is 272 g/mol. The Kier molecular flexibility index (Phi) is 4.39. The first-order valence-corrected chi connectivity index (χ1v) is 7.27. The smallest absolute Gasteiger partial charge is 0.358 e. The van der Waals surface area contributed by atoms with Crippen LogP contribution < -0.4 is 4.90 Å². The Labute approximate surface area is 123 Å². The summed E-state index contributed by atoms with van der Waals surface area (Å²) in [6.45, 7) is 4.05. The number of hydrogen-bond acceptors (Lipinski definition) is 5. The van der Waals surface area contributed by atoms with Gasteiger partial charge in [0.25, 0.3) is 0 Å². The molecular formula is C15H18N2O2S. The van der Waals surface area contributed by atoms with Gasteiger partial charge in [-0.25, -0.2) is 9.78 Å². The third-order valence-electron chi connectivity index (χ3n) is 2.90. The van der Waals surface area contributed by atoms with Crippen molar-refractivity contribution < 1.29 is 9.53 Å². The van der Waals surface area contributed by atoms with Gasteiger partial charge in [-0.15, -0.1) is 11.3 Å². The number of rotatable bonds is 4. The number of thiazole rings is 1. The monoisotopic (exact) mass is 290 g/mol. The molecule has 0 bridgehead atoms. The Hall–Kier alpha value is -1.88. The van der Waals surface area contributed by atoms with E-state index in [-0.39, 0.29) is 5.97 Å². The molecule has 0 saturated carbocycles. The number of ether oxygens (including phenoxy) is 1. The molecule has 0 aliphatic rings. The summed E-state index contributed by atoms with van der Waals surface area (Å²) in [5, 5.41) is 0.843. The number of anilines is 1. The van der Waals surface area contributed by atoms with E-state index in [0.29, 0.717) is 12.3 Å². The van der Waals surface area contributed by atoms with Crippen molar-refractivity contribution in [1.82, 2.24) is 4.98 Å². The van der Waals surface area contributed by atoms with Gasteiger partial charge in [0.1, 0.15) is 5.01 Å². The molecule has 0 aliphatic carbocycles. The lowest BCUT2D eigenvalue weighted by molar-refractivity contribution is 0.0519. The van der Waals surface area contributed by atoms with Gasteiger partial charge in [0.05, 0.1) is 6.61 Å². The highest BCUT2D eigenvalue weighted by molar-refractivity contribution is 7.15. The fraction of sp³-hybridized carbons (Fsp3) is 0.333. The van der Waals surface area contributed by atoms with Crippen LogP contribution in [0.4, 0.5) is 5.69 Å². The first kappa shape index (κ1) is 14.5. The quantitative estimate of drug-likeness (QED) is 0.810. The number of carbonyl (C=O) groups is 1. The predicted molar refractivity (Wildman–Crippen MR) is 82.6 cm³/mol. The Morgan fingerprint density at radius 2 is 1.95 bits per heavy atom. The van der Waals surface area contributed by atoms with E-state index in [4.69, 9.17) is 4.74 Å². The third kappa shape index (κ3) is 2.99. The van der Waals surface area contributed by atoms with Crippen molar-refractivity contribution in [2.45, 2.75) is 13.8 Å². The summed E-state index contributed by atoms with van der Waals surface area (Å²) < 4.78 is 5.01. The van der Waals surface area contributed by atoms with E-state index in [9.17, 15) is 4.79 Å². The van der Waals surface area contributed by atoms with Crippen molar-refractivity contribution in [3.05, 3.63) is 34.8 Å². The highest BCUT2D eigenvalue weighted by atomic mass is 32.1. The van der Waals surface area contributed by atoms with Gasteiger partial charge in [-0.05, 0) is 38.1 Å². The summed E-state index contributed by atoms with van der Waals surface area (Å²) in [4.78, 5) is 19.1. The van der Waals surface area contributed by atoms with Crippen LogP contribution >= 0.6 is 11.3 Å². The number of esters is 1. The van der Waals surface area contributed by atoms with Crippen molar-refractivity contribution in [3.8, 4) is 10.6 Å². The minimum atomic E-state index is -0.350. The minimum Gasteiger partial charge on any atom is -0.461 e. The largest absolute Gasteiger partial charge is 0.461 e. The lowest BCUT2D eigenvalue weighted by Gasteiger charge is -2.11. The van der Waals surface area contributed by atoms with Crippen LogP contribution in [0.3, 0.4) is 0 Å². The SMILES string of the molecule is CCOC(=O)c1nc(-c2ccc(N(C)C)cc2)sc1C. The topological polar surface area (TPSA) is 42.4 Å². The number of aromatic nitrogens is 1. The normalized spacial score (nSPS) is 10.4. The maximum Gasteiger partial charge on any atom is 0.358 e. The van der Waals surface area contributed by atoms with E-state index < -0.39 is 0 Å². The van der Waals surface area contributed by atoms with E-state index in [1.54, 1.807) is 6.92 Å². The third-order valence-corrected chi connectivity index (χ3v) is 3.92. The number of benzene rings is 1. The molecule has 1 heterocycles. The van der Waals surface area contributed by atoms with E-state index >= 15 is 0 Å². The molecule has 2 aromatic rings. The van der Waals surface area contributed by atoms with Gasteiger partial charge in [-0.3, -0.25) is 0 Å². The summed E-state index contributed by atoms with van der Waals surface area (Å²) in [6.07, 6.45) is 0. The number of nitrogens with zero attached hydrogens (tertiary/aromatic N) is 2. The second kappa shape index (κ2) is 6.05. The number of aryl methyl sites for hydroxylation is 1. The average molecular weight is 290 g/mol. The average Bonchev–Trinajstić information content (AvgIpc) is 2.81. The Balaban J connectivity index is 2.29. The van der Waals surface area contributed by atoms with Crippen molar-refractivity contribution in [2.75, 3.05) is 25.6 Å². The van der Waals surface area contributed by atoms with Crippen molar-refractivity contribution >= 4 is 23.0 Å². The molecule has 0 radical (unpaired) electrons. The molecule has 2 rings (SSSR count). The Morgan fingerprint density at radius 1 is 1.30 bits per heavy atom. The molecule has 20 heavy (non-hydrogen) atoms. The molecule has 0 atom stereocenters. The zero-order valence-electron chi connectivity index (χ0n) is 12.1. The molecule has 0 N–H and O–H groups in total. The van der Waals surface area contributed by atoms with Crippen LogP contribution in [0, 0.1) is 6.92 Å². The number of carbonyl (C=O) groups excluding carboxylic acids is 1. The lowest BCUT2D eigenvalue weighted by atomic mass is 10.2. The van der Waals surface area contributed by atoms with Crippen molar-refractivity contribution in [2.24, 2.45) is 0 Å². The van der Waals surface area contributed by atoms with Crippen LogP contribution in [0.2, 0.25) is 0 Å². The van der Waals surface area contributed by atoms with Crippen LogP contribution in [0.25, 0.3) is 10.6 Å². The lowest BCUT2D eigenvalue weighted by Crippen LogP contribution is -2.08. The van der Waals surface area contributed by atoms with Gasteiger partial charge in [0.2, 0.25) is 0 Å². The number of hydrogen-bond donors (Lipinski definition) is 0. The predicted octanol–water partition coefficient (Wildman–Crippen LogP) is 3.36. The maximum atomic E-state index is 11.8. The van der Waals surface area contributed by atoms with Gasteiger partial charge in [-0.1, -0.05) is 0 Å². The fourth-order valence-electron chi connectivity index (χ4n) is 1.81. The highest BCUT2D eigenvalue weighted by Gasteiger charge is 2.17. The molecule has 4 nitrogen and oxygen atoms in total. The van der Waals surface area contributed by atoms with E-state index in [1.165, 1.54) is 11.3 Å². The zero-order valence-corrected chi connectivity index (χ0v) is 13.0. The van der Waals surface area contributed by atoms with Gasteiger partial charge in [0.15, 0.2) is 5.69 Å². The van der Waals surface area contributed by atoms with Gasteiger partial charge < -0.3 is 9.64 Å². The van der Waals surface area contributed by atoms with Gasteiger partial charge >= 0.3 is 5.97 Å². The molecule has 106 valence electrons. The minimum absolute atomic E-state index is 0.350. The molecule has 5 heteroatoms. The second-order valence-electron chi connectivity index (χ2n) is 4.59. The Bertz CT molecular complexity index is 603. The summed E-state index contributed by atoms with van der Waals surface area (Å²) in [7, 11) is 4.00. The van der Waals surface area contributed by atoms with Crippen LogP contribution in [0.1, 0.15) is 22.3 Å². The maximum absolute atomic E-state index is 11.8. The van der Waals surface area contributed by atoms with E-state index in [2.05, 4.69) is 4.98 Å². The molecule has 0 amide bonds. The molecule has 0 saturated heterocycles. The van der Waals surface area contributed by atoms with Crippen LogP contribution in [-0.4, -0.2) is 31.7 Å². The van der Waals surface area contributed by atoms with Crippen LogP contribution in [0.5, 0.6) is 0 Å². The summed E-state index contributed by atoms with van der Waals surface area (Å²) in [5.41, 5.74) is 2.57. The molecule has 0 fully saturated rings. The first-order valence-electron chi connectivity index (χ1n) is 6.45. The van der Waals surface area contributed by atoms with E-state index in [0.717, 1.165) is 21.1 Å². The zero-order chi connectivity index (χ0) is 14.7. The summed E-state index contributed by atoms with van der Waals surface area (Å²) >= 11 is 1.51. The highest BCUT2D eigenvalue weighted by Crippen LogP contribution is 2.29. The summed E-state index contributed by atoms with van der Waals surface area (Å²) in [6, 6.07) is 8.11. The molecule has 1 aromatic carbocycles. The van der Waals surface area contributed by atoms with Crippen LogP contribution in [-0.2, 0) is 4.74 Å². The van der Waals surface area contributed by atoms with E-state index in [1.807, 2.05) is 50.2 Å². The molecule has 0 unspecified atom stereocenters. The van der Waals surface area contributed by atoms with Crippen LogP contribution in [0.15, 0.2) is 24.3 Å². The second-order valence-corrected chi connectivity index (χ2v) is 5.79. The molecule has 1 aromatic heterocycles. The Morgan fingerprint density at radius 3 is 2.50 bits per heavy atom. The van der Waals surface area contributed by atoms with Crippen molar-refractivity contribution in [1.29, 1.82) is 0 Å². The van der Waals surface area contributed by atoms with Crippen molar-refractivity contribution in [3.63, 3.8) is 0 Å². The standard InChI is InChI=1S/C15H18N2O2S/c1-5-19-15(18)13-10(2)20-14(16-13)11-6-8-12(9-7-11)17(3)4/h6-9H,5H2,1-4H3. The van der Waals surface area contributed by atoms with Gasteiger partial charge in [-0.2, -0.15) is 0 Å². The van der Waals surface area contributed by atoms with Gasteiger partial charge in [0, 0.05) is 30.2 Å². The first-order chi connectivity index (χ1) is 9.52. The molecule has 0 spiro atoms. The summed E-state index contributed by atoms with van der Waals surface area (Å²) in [5.74, 6) is -0.350. The fourth-order valence-corrected chi connectivity index (χ4v) is 2.72. The molecule has 0 aliphatic heterocycles.